The smallest absolute Gasteiger partial charge is 0.323 e. The SMILES string of the molecule is CC(O)[C@H](NCc1cccc(-c2cc(C(N)=O)c(NC(N)=O)s2)c1)C(=O)O. The monoisotopic (exact) mass is 392 g/mol. The minimum atomic E-state index is -1.15. The van der Waals surface area contributed by atoms with E-state index in [1.165, 1.54) is 6.92 Å². The van der Waals surface area contributed by atoms with Crippen molar-refractivity contribution in [1.82, 2.24) is 5.32 Å². The lowest BCUT2D eigenvalue weighted by molar-refractivity contribution is -0.142. The third-order valence-corrected chi connectivity index (χ3v) is 4.82. The Hall–Kier alpha value is -2.95. The Morgan fingerprint density at radius 2 is 1.93 bits per heavy atom. The minimum Gasteiger partial charge on any atom is -0.480 e. The maximum absolute atomic E-state index is 11.6. The molecule has 0 aliphatic heterocycles. The molecule has 1 aromatic heterocycles. The van der Waals surface area contributed by atoms with Crippen molar-refractivity contribution in [3.63, 3.8) is 0 Å². The number of carboxylic acid groups (broad SMARTS) is 1. The first-order chi connectivity index (χ1) is 12.7. The van der Waals surface area contributed by atoms with Gasteiger partial charge in [-0.25, -0.2) is 4.79 Å². The summed E-state index contributed by atoms with van der Waals surface area (Å²) < 4.78 is 0. The highest BCUT2D eigenvalue weighted by atomic mass is 32.1. The number of rotatable bonds is 8. The van der Waals surface area contributed by atoms with Crippen molar-refractivity contribution >= 4 is 34.2 Å². The Kier molecular flexibility index (Phi) is 6.50. The van der Waals surface area contributed by atoms with Gasteiger partial charge in [0.15, 0.2) is 0 Å². The fourth-order valence-corrected chi connectivity index (χ4v) is 3.51. The van der Waals surface area contributed by atoms with Gasteiger partial charge in [0.2, 0.25) is 0 Å². The van der Waals surface area contributed by atoms with E-state index in [2.05, 4.69) is 10.6 Å². The molecule has 1 aromatic carbocycles. The fraction of sp³-hybridized carbons (Fsp3) is 0.235. The van der Waals surface area contributed by atoms with Crippen molar-refractivity contribution in [2.24, 2.45) is 11.5 Å². The van der Waals surface area contributed by atoms with Gasteiger partial charge in [-0.1, -0.05) is 18.2 Å². The molecular formula is C17H20N4O5S. The first-order valence-corrected chi connectivity index (χ1v) is 8.74. The highest BCUT2D eigenvalue weighted by Gasteiger charge is 2.22. The molecule has 0 bridgehead atoms. The van der Waals surface area contributed by atoms with Crippen LogP contribution in [-0.4, -0.2) is 40.3 Å². The van der Waals surface area contributed by atoms with Crippen molar-refractivity contribution < 1.29 is 24.6 Å². The van der Waals surface area contributed by atoms with E-state index in [-0.39, 0.29) is 17.1 Å². The molecule has 0 aliphatic carbocycles. The summed E-state index contributed by atoms with van der Waals surface area (Å²) in [4.78, 5) is 34.5. The normalized spacial score (nSPS) is 13.0. The van der Waals surface area contributed by atoms with E-state index in [0.29, 0.717) is 4.88 Å². The highest BCUT2D eigenvalue weighted by molar-refractivity contribution is 7.20. The molecule has 2 aromatic rings. The summed E-state index contributed by atoms with van der Waals surface area (Å²) in [6, 6.07) is 6.83. The molecule has 2 rings (SSSR count). The maximum Gasteiger partial charge on any atom is 0.323 e. The number of hydrogen-bond acceptors (Lipinski definition) is 6. The van der Waals surface area contributed by atoms with Crippen LogP contribution in [0.15, 0.2) is 30.3 Å². The van der Waals surface area contributed by atoms with Crippen molar-refractivity contribution in [3.05, 3.63) is 41.5 Å². The van der Waals surface area contributed by atoms with Crippen molar-refractivity contribution in [3.8, 4) is 10.4 Å². The van der Waals surface area contributed by atoms with Crippen LogP contribution in [0.5, 0.6) is 0 Å². The number of carbonyl (C=O) groups is 3. The Labute approximate surface area is 159 Å². The Morgan fingerprint density at radius 1 is 1.22 bits per heavy atom. The molecule has 0 saturated carbocycles. The number of carboxylic acids is 1. The number of primary amides is 2. The van der Waals surface area contributed by atoms with Gasteiger partial charge >= 0.3 is 12.0 Å². The lowest BCUT2D eigenvalue weighted by atomic mass is 10.1. The fourth-order valence-electron chi connectivity index (χ4n) is 2.45. The van der Waals surface area contributed by atoms with Gasteiger partial charge in [0, 0.05) is 11.4 Å². The molecule has 0 fully saturated rings. The number of nitrogens with two attached hydrogens (primary N) is 2. The number of benzene rings is 1. The van der Waals surface area contributed by atoms with Crippen LogP contribution in [0.3, 0.4) is 0 Å². The molecule has 0 saturated heterocycles. The predicted molar refractivity (Wildman–Crippen MR) is 101 cm³/mol. The van der Waals surface area contributed by atoms with E-state index in [1.807, 2.05) is 0 Å². The second-order valence-corrected chi connectivity index (χ2v) is 6.90. The number of carbonyl (C=O) groups excluding carboxylic acids is 2. The summed E-state index contributed by atoms with van der Waals surface area (Å²) in [5.41, 5.74) is 12.1. The zero-order valence-corrected chi connectivity index (χ0v) is 15.2. The van der Waals surface area contributed by atoms with E-state index >= 15 is 0 Å². The zero-order chi connectivity index (χ0) is 20.1. The molecule has 144 valence electrons. The average molecular weight is 392 g/mol. The minimum absolute atomic E-state index is 0.150. The zero-order valence-electron chi connectivity index (χ0n) is 14.4. The summed E-state index contributed by atoms with van der Waals surface area (Å²) in [7, 11) is 0. The van der Waals surface area contributed by atoms with Crippen LogP contribution in [0.25, 0.3) is 10.4 Å². The van der Waals surface area contributed by atoms with Gasteiger partial charge < -0.3 is 21.7 Å². The van der Waals surface area contributed by atoms with E-state index in [0.717, 1.165) is 22.5 Å². The number of hydrogen-bond donors (Lipinski definition) is 6. The summed E-state index contributed by atoms with van der Waals surface area (Å²) in [5.74, 6) is -1.84. The number of aliphatic hydroxyl groups excluding tert-OH is 1. The largest absolute Gasteiger partial charge is 0.480 e. The van der Waals surface area contributed by atoms with Crippen LogP contribution in [0, 0.1) is 0 Å². The van der Waals surface area contributed by atoms with Gasteiger partial charge in [-0.05, 0) is 30.2 Å². The van der Waals surface area contributed by atoms with E-state index < -0.39 is 30.1 Å². The van der Waals surface area contributed by atoms with Crippen LogP contribution in [0.2, 0.25) is 0 Å². The van der Waals surface area contributed by atoms with Crippen LogP contribution >= 0.6 is 11.3 Å². The summed E-state index contributed by atoms with van der Waals surface area (Å²) in [6.45, 7) is 1.61. The third kappa shape index (κ3) is 5.26. The molecule has 0 radical (unpaired) electrons. The van der Waals surface area contributed by atoms with Gasteiger partial charge in [-0.15, -0.1) is 11.3 Å². The highest BCUT2D eigenvalue weighted by Crippen LogP contribution is 2.35. The number of anilines is 1. The molecule has 1 heterocycles. The summed E-state index contributed by atoms with van der Waals surface area (Å²) >= 11 is 1.14. The number of thiophene rings is 1. The quantitative estimate of drug-likeness (QED) is 0.390. The lowest BCUT2D eigenvalue weighted by Gasteiger charge is -2.17. The molecule has 2 atom stereocenters. The molecule has 0 aliphatic rings. The van der Waals surface area contributed by atoms with Crippen molar-refractivity contribution in [1.29, 1.82) is 0 Å². The molecule has 3 amide bonds. The van der Waals surface area contributed by atoms with Gasteiger partial charge in [-0.2, -0.15) is 0 Å². The van der Waals surface area contributed by atoms with Crippen LogP contribution in [0.4, 0.5) is 9.80 Å². The number of nitrogens with one attached hydrogen (secondary N) is 2. The lowest BCUT2D eigenvalue weighted by Crippen LogP contribution is -2.44. The van der Waals surface area contributed by atoms with Crippen LogP contribution < -0.4 is 22.1 Å². The third-order valence-electron chi connectivity index (χ3n) is 3.72. The molecule has 8 N–H and O–H groups in total. The predicted octanol–water partition coefficient (Wildman–Crippen LogP) is 0.928. The first kappa shape index (κ1) is 20.4. The number of urea groups is 1. The van der Waals surface area contributed by atoms with Gasteiger partial charge in [0.05, 0.1) is 11.7 Å². The number of aliphatic carboxylic acids is 1. The van der Waals surface area contributed by atoms with Crippen molar-refractivity contribution in [2.75, 3.05) is 5.32 Å². The average Bonchev–Trinajstić information content (AvgIpc) is 2.98. The van der Waals surface area contributed by atoms with E-state index in [1.54, 1.807) is 30.3 Å². The summed E-state index contributed by atoms with van der Waals surface area (Å²) in [6.07, 6.45) is -1.05. The second kappa shape index (κ2) is 8.62. The molecule has 10 heteroatoms. The molecule has 1 unspecified atom stereocenters. The Balaban J connectivity index is 2.25. The van der Waals surface area contributed by atoms with E-state index in [9.17, 15) is 19.5 Å². The maximum atomic E-state index is 11.6. The van der Waals surface area contributed by atoms with Crippen molar-refractivity contribution in [2.45, 2.75) is 25.6 Å². The number of aliphatic hydroxyl groups is 1. The van der Waals surface area contributed by atoms with Crippen LogP contribution in [-0.2, 0) is 11.3 Å². The topological polar surface area (TPSA) is 168 Å². The molecule has 0 spiro atoms. The van der Waals surface area contributed by atoms with E-state index in [4.69, 9.17) is 16.6 Å². The first-order valence-electron chi connectivity index (χ1n) is 7.92. The number of amides is 3. The Morgan fingerprint density at radius 3 is 2.48 bits per heavy atom. The molecule has 27 heavy (non-hydrogen) atoms. The van der Waals surface area contributed by atoms with Crippen LogP contribution in [0.1, 0.15) is 22.8 Å². The van der Waals surface area contributed by atoms with Gasteiger partial charge in [-0.3, -0.25) is 20.2 Å². The molecule has 9 nitrogen and oxygen atoms in total. The van der Waals surface area contributed by atoms with Gasteiger partial charge in [0.1, 0.15) is 11.0 Å². The second-order valence-electron chi connectivity index (χ2n) is 5.84. The molecular weight excluding hydrogens is 372 g/mol. The Bertz CT molecular complexity index is 865. The van der Waals surface area contributed by atoms with Gasteiger partial charge in [0.25, 0.3) is 5.91 Å². The standard InChI is InChI=1S/C17H20N4O5S/c1-8(22)13(16(24)25)20-7-9-3-2-4-10(5-9)12-6-11(14(18)23)15(27-12)21-17(19)26/h2-6,8,13,20,22H,7H2,1H3,(H2,18,23)(H,24,25)(H3,19,21,26)/t8?,13-/m0/s1. The summed E-state index contributed by atoms with van der Waals surface area (Å²) in [5, 5.41) is 24.0.